The van der Waals surface area contributed by atoms with E-state index in [0.29, 0.717) is 17.2 Å². The van der Waals surface area contributed by atoms with Crippen molar-refractivity contribution >= 4 is 11.6 Å². The van der Waals surface area contributed by atoms with E-state index in [1.165, 1.54) is 7.11 Å². The molecule has 0 spiro atoms. The Hall–Kier alpha value is -1.75. The first-order chi connectivity index (χ1) is 7.88. The Morgan fingerprint density at radius 3 is 2.29 bits per heavy atom. The van der Waals surface area contributed by atoms with Crippen molar-refractivity contribution in [2.45, 2.75) is 19.4 Å². The van der Waals surface area contributed by atoms with Crippen LogP contribution in [0.25, 0.3) is 0 Å². The molecule has 3 N–H and O–H groups in total. The molecule has 0 saturated carbocycles. The highest BCUT2D eigenvalue weighted by atomic mass is 16.5. The van der Waals surface area contributed by atoms with Gasteiger partial charge < -0.3 is 20.5 Å². The summed E-state index contributed by atoms with van der Waals surface area (Å²) in [5.41, 5.74) is 5.38. The van der Waals surface area contributed by atoms with Gasteiger partial charge in [-0.25, -0.2) is 0 Å². The fourth-order valence-corrected chi connectivity index (χ4v) is 1.21. The Morgan fingerprint density at radius 1 is 1.24 bits per heavy atom. The summed E-state index contributed by atoms with van der Waals surface area (Å²) < 4.78 is 10.2. The molecule has 1 amide bonds. The van der Waals surface area contributed by atoms with Gasteiger partial charge in [0.15, 0.2) is 11.5 Å². The van der Waals surface area contributed by atoms with Gasteiger partial charge in [0.25, 0.3) is 0 Å². The lowest BCUT2D eigenvalue weighted by molar-refractivity contribution is -0.120. The van der Waals surface area contributed by atoms with Gasteiger partial charge in [-0.3, -0.25) is 4.79 Å². The van der Waals surface area contributed by atoms with Gasteiger partial charge in [0.1, 0.15) is 0 Å². The molecule has 0 aliphatic rings. The van der Waals surface area contributed by atoms with Gasteiger partial charge in [0.05, 0.1) is 19.8 Å². The largest absolute Gasteiger partial charge is 0.493 e. The lowest BCUT2D eigenvalue weighted by Crippen LogP contribution is -2.45. The van der Waals surface area contributed by atoms with Gasteiger partial charge in [-0.1, -0.05) is 0 Å². The van der Waals surface area contributed by atoms with Crippen LogP contribution in [0.3, 0.4) is 0 Å². The number of methoxy groups -OCH3 is 2. The molecular weight excluding hydrogens is 220 g/mol. The third-order valence-corrected chi connectivity index (χ3v) is 2.23. The van der Waals surface area contributed by atoms with E-state index < -0.39 is 5.54 Å². The van der Waals surface area contributed by atoms with E-state index in [4.69, 9.17) is 15.2 Å². The summed E-state index contributed by atoms with van der Waals surface area (Å²) in [6.07, 6.45) is 0. The maximum atomic E-state index is 11.7. The number of anilines is 1. The number of hydrogen-bond acceptors (Lipinski definition) is 4. The molecule has 0 saturated heterocycles. The van der Waals surface area contributed by atoms with E-state index in [0.717, 1.165) is 0 Å². The second-order valence-electron chi connectivity index (χ2n) is 4.25. The summed E-state index contributed by atoms with van der Waals surface area (Å²) in [7, 11) is 3.09. The smallest absolute Gasteiger partial charge is 0.243 e. The zero-order valence-electron chi connectivity index (χ0n) is 10.5. The molecule has 5 heteroatoms. The van der Waals surface area contributed by atoms with Crippen molar-refractivity contribution in [1.82, 2.24) is 0 Å². The molecule has 17 heavy (non-hydrogen) atoms. The Kier molecular flexibility index (Phi) is 3.96. The number of nitrogens with two attached hydrogens (primary N) is 1. The molecule has 0 aliphatic carbocycles. The van der Waals surface area contributed by atoms with Crippen molar-refractivity contribution in [1.29, 1.82) is 0 Å². The molecule has 1 rings (SSSR count). The van der Waals surface area contributed by atoms with Crippen molar-refractivity contribution in [3.8, 4) is 11.5 Å². The maximum Gasteiger partial charge on any atom is 0.243 e. The first-order valence-electron chi connectivity index (χ1n) is 5.21. The fraction of sp³-hybridized carbons (Fsp3) is 0.417. The topological polar surface area (TPSA) is 73.6 Å². The van der Waals surface area contributed by atoms with Crippen molar-refractivity contribution in [3.05, 3.63) is 18.2 Å². The molecule has 0 fully saturated rings. The fourth-order valence-electron chi connectivity index (χ4n) is 1.21. The van der Waals surface area contributed by atoms with Crippen LogP contribution in [0.1, 0.15) is 13.8 Å². The van der Waals surface area contributed by atoms with Crippen LogP contribution in [-0.4, -0.2) is 25.7 Å². The van der Waals surface area contributed by atoms with Crippen LogP contribution in [0.2, 0.25) is 0 Å². The molecule has 94 valence electrons. The third kappa shape index (κ3) is 3.35. The van der Waals surface area contributed by atoms with Crippen molar-refractivity contribution in [2.24, 2.45) is 5.73 Å². The summed E-state index contributed by atoms with van der Waals surface area (Å²) >= 11 is 0. The van der Waals surface area contributed by atoms with Crippen molar-refractivity contribution < 1.29 is 14.3 Å². The number of nitrogens with one attached hydrogen (secondary N) is 1. The minimum Gasteiger partial charge on any atom is -0.493 e. The number of hydrogen-bond donors (Lipinski definition) is 2. The highest BCUT2D eigenvalue weighted by molar-refractivity contribution is 5.97. The zero-order chi connectivity index (χ0) is 13.1. The van der Waals surface area contributed by atoms with Crippen LogP contribution in [-0.2, 0) is 4.79 Å². The standard InChI is InChI=1S/C12H18N2O3/c1-12(2,13)11(15)14-8-5-6-9(16-3)10(7-8)17-4/h5-7H,13H2,1-4H3,(H,14,15). The molecule has 0 radical (unpaired) electrons. The first kappa shape index (κ1) is 13.3. The van der Waals surface area contributed by atoms with Crippen LogP contribution in [0.4, 0.5) is 5.69 Å². The lowest BCUT2D eigenvalue weighted by Gasteiger charge is -2.18. The molecule has 1 aromatic rings. The third-order valence-electron chi connectivity index (χ3n) is 2.23. The highest BCUT2D eigenvalue weighted by Crippen LogP contribution is 2.29. The number of carbonyl (C=O) groups is 1. The number of carbonyl (C=O) groups excluding carboxylic acids is 1. The van der Waals surface area contributed by atoms with Crippen LogP contribution >= 0.6 is 0 Å². The second kappa shape index (κ2) is 5.05. The van der Waals surface area contributed by atoms with E-state index in [9.17, 15) is 4.79 Å². The second-order valence-corrected chi connectivity index (χ2v) is 4.25. The van der Waals surface area contributed by atoms with E-state index in [1.807, 2.05) is 0 Å². The van der Waals surface area contributed by atoms with Gasteiger partial charge >= 0.3 is 0 Å². The number of amides is 1. The molecule has 0 heterocycles. The molecule has 0 bridgehead atoms. The van der Waals surface area contributed by atoms with Crippen LogP contribution in [0.5, 0.6) is 11.5 Å². The van der Waals surface area contributed by atoms with E-state index in [-0.39, 0.29) is 5.91 Å². The van der Waals surface area contributed by atoms with E-state index in [1.54, 1.807) is 39.2 Å². The SMILES string of the molecule is COc1ccc(NC(=O)C(C)(C)N)cc1OC. The Balaban J connectivity index is 2.90. The van der Waals surface area contributed by atoms with Crippen molar-refractivity contribution in [2.75, 3.05) is 19.5 Å². The first-order valence-corrected chi connectivity index (χ1v) is 5.21. The van der Waals surface area contributed by atoms with Gasteiger partial charge in [0, 0.05) is 11.8 Å². The summed E-state index contributed by atoms with van der Waals surface area (Å²) in [5.74, 6) is 0.905. The summed E-state index contributed by atoms with van der Waals surface area (Å²) in [6.45, 7) is 3.28. The average molecular weight is 238 g/mol. The molecule has 0 unspecified atom stereocenters. The molecule has 0 aliphatic heterocycles. The quantitative estimate of drug-likeness (QED) is 0.831. The summed E-state index contributed by atoms with van der Waals surface area (Å²) in [5, 5.41) is 2.71. The average Bonchev–Trinajstić information content (AvgIpc) is 2.27. The molecule has 5 nitrogen and oxygen atoms in total. The van der Waals surface area contributed by atoms with Crippen LogP contribution in [0, 0.1) is 0 Å². The number of ether oxygens (including phenoxy) is 2. The van der Waals surface area contributed by atoms with Crippen LogP contribution in [0.15, 0.2) is 18.2 Å². The normalized spacial score (nSPS) is 10.9. The maximum absolute atomic E-state index is 11.7. The van der Waals surface area contributed by atoms with Gasteiger partial charge in [-0.15, -0.1) is 0 Å². The van der Waals surface area contributed by atoms with Gasteiger partial charge in [-0.05, 0) is 26.0 Å². The highest BCUT2D eigenvalue weighted by Gasteiger charge is 2.22. The summed E-state index contributed by atoms with van der Waals surface area (Å²) in [4.78, 5) is 11.7. The zero-order valence-corrected chi connectivity index (χ0v) is 10.5. The van der Waals surface area contributed by atoms with E-state index in [2.05, 4.69) is 5.32 Å². The number of benzene rings is 1. The Morgan fingerprint density at radius 2 is 1.82 bits per heavy atom. The van der Waals surface area contributed by atoms with Crippen LogP contribution < -0.4 is 20.5 Å². The van der Waals surface area contributed by atoms with Gasteiger partial charge in [-0.2, -0.15) is 0 Å². The Labute approximate surface area is 101 Å². The molecule has 1 aromatic carbocycles. The minimum atomic E-state index is -0.923. The molecule has 0 atom stereocenters. The van der Waals surface area contributed by atoms with Gasteiger partial charge in [0.2, 0.25) is 5.91 Å². The predicted octanol–water partition coefficient (Wildman–Crippen LogP) is 1.38. The minimum absolute atomic E-state index is 0.260. The molecule has 0 aromatic heterocycles. The van der Waals surface area contributed by atoms with Crippen molar-refractivity contribution in [3.63, 3.8) is 0 Å². The van der Waals surface area contributed by atoms with E-state index >= 15 is 0 Å². The molecular formula is C12H18N2O3. The monoisotopic (exact) mass is 238 g/mol. The number of rotatable bonds is 4. The predicted molar refractivity (Wildman–Crippen MR) is 66.4 cm³/mol. The lowest BCUT2D eigenvalue weighted by atomic mass is 10.1. The summed E-state index contributed by atoms with van der Waals surface area (Å²) in [6, 6.07) is 5.13. The Bertz CT molecular complexity index is 411.